The zero-order valence-electron chi connectivity index (χ0n) is 12.7. The fourth-order valence-electron chi connectivity index (χ4n) is 3.39. The topological polar surface area (TPSA) is 0 Å². The molecule has 0 saturated heterocycles. The Balaban J connectivity index is 2.10. The zero-order valence-corrected chi connectivity index (χ0v) is 12.7. The van der Waals surface area contributed by atoms with Gasteiger partial charge in [0.2, 0.25) is 0 Å². The minimum absolute atomic E-state index is 1.05. The number of rotatable bonds is 2. The molecule has 0 aromatic heterocycles. The second kappa shape index (κ2) is 5.31. The highest BCUT2D eigenvalue weighted by atomic mass is 14.2. The largest absolute Gasteiger partial charge is 0.0622 e. The molecule has 2 aliphatic rings. The van der Waals surface area contributed by atoms with Crippen molar-refractivity contribution in [3.05, 3.63) is 84.4 Å². The standard InChI is InChI=1S/C22H18/c1-2-16-15-18-10-4-3-5-13-20(18)22(16)21-14-8-11-17-9-6-7-12-19(17)21/h3-15H,2H2,1H3. The molecule has 0 unspecified atom stereocenters. The summed E-state index contributed by atoms with van der Waals surface area (Å²) in [7, 11) is 0. The first-order valence-electron chi connectivity index (χ1n) is 7.87. The van der Waals surface area contributed by atoms with Gasteiger partial charge in [-0.1, -0.05) is 85.8 Å². The van der Waals surface area contributed by atoms with Gasteiger partial charge in [-0.25, -0.2) is 0 Å². The van der Waals surface area contributed by atoms with Gasteiger partial charge in [-0.15, -0.1) is 0 Å². The van der Waals surface area contributed by atoms with E-state index in [1.165, 1.54) is 38.6 Å². The van der Waals surface area contributed by atoms with Gasteiger partial charge in [-0.3, -0.25) is 0 Å². The number of hydrogen-bond donors (Lipinski definition) is 0. The molecular formula is C22H18. The van der Waals surface area contributed by atoms with Gasteiger partial charge >= 0.3 is 0 Å². The third kappa shape index (κ3) is 2.00. The zero-order chi connectivity index (χ0) is 14.9. The van der Waals surface area contributed by atoms with Crippen molar-refractivity contribution in [2.45, 2.75) is 13.3 Å². The van der Waals surface area contributed by atoms with E-state index in [4.69, 9.17) is 0 Å². The van der Waals surface area contributed by atoms with Crippen molar-refractivity contribution in [3.8, 4) is 22.3 Å². The minimum Gasteiger partial charge on any atom is -0.0622 e. The Labute approximate surface area is 131 Å². The first kappa shape index (κ1) is 13.1. The monoisotopic (exact) mass is 282 g/mol. The fourth-order valence-corrected chi connectivity index (χ4v) is 3.39. The van der Waals surface area contributed by atoms with Gasteiger partial charge in [0.25, 0.3) is 0 Å². The quantitative estimate of drug-likeness (QED) is 0.412. The van der Waals surface area contributed by atoms with Gasteiger partial charge in [0.15, 0.2) is 0 Å². The van der Waals surface area contributed by atoms with Crippen LogP contribution in [0.3, 0.4) is 0 Å². The second-order valence-corrected chi connectivity index (χ2v) is 5.70. The Morgan fingerprint density at radius 1 is 0.682 bits per heavy atom. The molecular weight excluding hydrogens is 264 g/mol. The molecule has 2 aromatic carbocycles. The van der Waals surface area contributed by atoms with Crippen molar-refractivity contribution in [1.82, 2.24) is 0 Å². The predicted molar refractivity (Wildman–Crippen MR) is 95.4 cm³/mol. The molecule has 0 heterocycles. The molecule has 0 fully saturated rings. The van der Waals surface area contributed by atoms with Gasteiger partial charge in [-0.05, 0) is 45.0 Å². The van der Waals surface area contributed by atoms with Crippen molar-refractivity contribution < 1.29 is 0 Å². The molecule has 0 spiro atoms. The predicted octanol–water partition coefficient (Wildman–Crippen LogP) is 6.17. The van der Waals surface area contributed by atoms with Crippen LogP contribution in [0.15, 0.2) is 78.9 Å². The molecule has 0 atom stereocenters. The Morgan fingerprint density at radius 3 is 2.32 bits per heavy atom. The second-order valence-electron chi connectivity index (χ2n) is 5.70. The lowest BCUT2D eigenvalue weighted by molar-refractivity contribution is 1.16. The van der Waals surface area contributed by atoms with E-state index in [2.05, 4.69) is 85.8 Å². The molecule has 0 saturated carbocycles. The molecule has 0 radical (unpaired) electrons. The first-order valence-corrected chi connectivity index (χ1v) is 7.87. The maximum Gasteiger partial charge on any atom is -0.00670 e. The van der Waals surface area contributed by atoms with E-state index < -0.39 is 0 Å². The maximum atomic E-state index is 2.34. The summed E-state index contributed by atoms with van der Waals surface area (Å²) in [6, 6.07) is 28.4. The molecule has 0 nitrogen and oxygen atoms in total. The number of aryl methyl sites for hydroxylation is 1. The van der Waals surface area contributed by atoms with E-state index >= 15 is 0 Å². The Hall–Kier alpha value is -2.60. The summed E-state index contributed by atoms with van der Waals surface area (Å²) in [5, 5.41) is 2.63. The average Bonchev–Trinajstić information content (AvgIpc) is 2.75. The molecule has 0 heteroatoms. The third-order valence-corrected chi connectivity index (χ3v) is 4.43. The molecule has 0 aliphatic heterocycles. The van der Waals surface area contributed by atoms with Crippen LogP contribution in [0.5, 0.6) is 0 Å². The maximum absolute atomic E-state index is 2.34. The Morgan fingerprint density at radius 2 is 1.41 bits per heavy atom. The summed E-state index contributed by atoms with van der Waals surface area (Å²) in [6.45, 7) is 2.24. The van der Waals surface area contributed by atoms with E-state index in [0.29, 0.717) is 0 Å². The van der Waals surface area contributed by atoms with E-state index in [-0.39, 0.29) is 0 Å². The van der Waals surface area contributed by atoms with Crippen LogP contribution in [0, 0.1) is 0 Å². The summed E-state index contributed by atoms with van der Waals surface area (Å²) >= 11 is 0. The molecule has 22 heavy (non-hydrogen) atoms. The van der Waals surface area contributed by atoms with Crippen molar-refractivity contribution >= 4 is 10.8 Å². The van der Waals surface area contributed by atoms with Crippen LogP contribution in [0.2, 0.25) is 0 Å². The Bertz CT molecular complexity index is 913. The molecule has 4 rings (SSSR count). The van der Waals surface area contributed by atoms with Crippen LogP contribution >= 0.6 is 0 Å². The number of hydrogen-bond acceptors (Lipinski definition) is 0. The highest BCUT2D eigenvalue weighted by Gasteiger charge is 2.16. The van der Waals surface area contributed by atoms with Crippen LogP contribution < -0.4 is 0 Å². The lowest BCUT2D eigenvalue weighted by atomic mass is 9.94. The van der Waals surface area contributed by atoms with Crippen molar-refractivity contribution in [3.63, 3.8) is 0 Å². The lowest BCUT2D eigenvalue weighted by Crippen LogP contribution is -1.85. The van der Waals surface area contributed by atoms with Crippen LogP contribution in [0.1, 0.15) is 12.5 Å². The molecule has 2 aliphatic carbocycles. The smallest absolute Gasteiger partial charge is 0.00670 e. The van der Waals surface area contributed by atoms with Crippen molar-refractivity contribution in [1.29, 1.82) is 0 Å². The Kier molecular flexibility index (Phi) is 3.16. The lowest BCUT2D eigenvalue weighted by Gasteiger charge is -2.10. The molecule has 0 bridgehead atoms. The molecule has 0 N–H and O–H groups in total. The highest BCUT2D eigenvalue weighted by molar-refractivity contribution is 6.02. The first-order chi connectivity index (χ1) is 10.9. The van der Waals surface area contributed by atoms with E-state index in [9.17, 15) is 0 Å². The highest BCUT2D eigenvalue weighted by Crippen LogP contribution is 2.41. The number of benzene rings is 2. The fraction of sp³-hybridized carbons (Fsp3) is 0.0909. The van der Waals surface area contributed by atoms with Crippen LogP contribution in [-0.4, -0.2) is 0 Å². The third-order valence-electron chi connectivity index (χ3n) is 4.43. The summed E-state index contributed by atoms with van der Waals surface area (Å²) in [4.78, 5) is 0. The van der Waals surface area contributed by atoms with Gasteiger partial charge in [0, 0.05) is 0 Å². The molecule has 0 amide bonds. The molecule has 106 valence electrons. The van der Waals surface area contributed by atoms with E-state index in [1.807, 2.05) is 0 Å². The van der Waals surface area contributed by atoms with Crippen molar-refractivity contribution in [2.24, 2.45) is 0 Å². The van der Waals surface area contributed by atoms with E-state index in [1.54, 1.807) is 0 Å². The van der Waals surface area contributed by atoms with Gasteiger partial charge < -0.3 is 0 Å². The summed E-state index contributed by atoms with van der Waals surface area (Å²) in [5.74, 6) is 0. The summed E-state index contributed by atoms with van der Waals surface area (Å²) in [5.41, 5.74) is 6.84. The van der Waals surface area contributed by atoms with Gasteiger partial charge in [0.1, 0.15) is 0 Å². The van der Waals surface area contributed by atoms with Crippen LogP contribution in [-0.2, 0) is 6.42 Å². The van der Waals surface area contributed by atoms with Gasteiger partial charge in [0.05, 0.1) is 0 Å². The van der Waals surface area contributed by atoms with Crippen LogP contribution in [0.25, 0.3) is 33.0 Å². The van der Waals surface area contributed by atoms with Crippen molar-refractivity contribution in [2.75, 3.05) is 0 Å². The number of fused-ring (bicyclic) bond motifs is 2. The minimum atomic E-state index is 1.05. The molecule has 2 aromatic rings. The SMILES string of the molecule is CCc1cc2cccccc-2c1-c1cccc2ccccc12. The van der Waals surface area contributed by atoms with E-state index in [0.717, 1.165) is 6.42 Å². The summed E-state index contributed by atoms with van der Waals surface area (Å²) < 4.78 is 0. The normalized spacial score (nSPS) is 11.1. The van der Waals surface area contributed by atoms with Gasteiger partial charge in [-0.2, -0.15) is 0 Å². The van der Waals surface area contributed by atoms with Crippen LogP contribution in [0.4, 0.5) is 0 Å². The average molecular weight is 282 g/mol. The summed E-state index contributed by atoms with van der Waals surface area (Å²) in [6.07, 6.45) is 1.05.